The highest BCUT2D eigenvalue weighted by Gasteiger charge is 2.21. The van der Waals surface area contributed by atoms with Crippen molar-refractivity contribution in [2.45, 2.75) is 34.2 Å². The maximum atomic E-state index is 12.2. The van der Waals surface area contributed by atoms with Crippen LogP contribution in [0.1, 0.15) is 43.6 Å². The molecule has 0 saturated carbocycles. The van der Waals surface area contributed by atoms with Crippen LogP contribution in [0.5, 0.6) is 0 Å². The largest absolute Gasteiger partial charge is 0.545 e. The third kappa shape index (κ3) is 4.54. The van der Waals surface area contributed by atoms with Gasteiger partial charge in [0.15, 0.2) is 0 Å². The summed E-state index contributed by atoms with van der Waals surface area (Å²) in [6, 6.07) is 17.6. The van der Waals surface area contributed by atoms with Gasteiger partial charge in [-0.05, 0) is 63.1 Å². The summed E-state index contributed by atoms with van der Waals surface area (Å²) in [5.41, 5.74) is 10.7. The van der Waals surface area contributed by atoms with E-state index >= 15 is 0 Å². The van der Waals surface area contributed by atoms with Gasteiger partial charge in [0.25, 0.3) is 0 Å². The van der Waals surface area contributed by atoms with E-state index in [-0.39, 0.29) is 12.1 Å². The lowest BCUT2D eigenvalue weighted by Crippen LogP contribution is -2.29. The Bertz CT molecular complexity index is 1410. The summed E-state index contributed by atoms with van der Waals surface area (Å²) in [6.07, 6.45) is 0. The van der Waals surface area contributed by atoms with Gasteiger partial charge in [-0.2, -0.15) is 0 Å². The number of carboxylic acid groups (broad SMARTS) is 1. The molecule has 0 atom stereocenters. The van der Waals surface area contributed by atoms with Gasteiger partial charge in [0.1, 0.15) is 24.4 Å². The van der Waals surface area contributed by atoms with Gasteiger partial charge in [0.05, 0.1) is 12.0 Å². The number of carboxylic acids is 1. The second kappa shape index (κ2) is 10.3. The summed E-state index contributed by atoms with van der Waals surface area (Å²) >= 11 is 0. The van der Waals surface area contributed by atoms with Crippen LogP contribution in [0.2, 0.25) is 0 Å². The number of rotatable bonds is 8. The Morgan fingerprint density at radius 3 is 2.29 bits per heavy atom. The molecule has 6 heteroatoms. The first-order valence-electron chi connectivity index (χ1n) is 12.3. The second-order valence-corrected chi connectivity index (χ2v) is 8.55. The molecule has 0 unspecified atom stereocenters. The molecule has 0 amide bonds. The normalized spacial score (nSPS) is 11.2. The average molecular weight is 472 g/mol. The first kappa shape index (κ1) is 24.5. The fraction of sp³-hybridized carbons (Fsp3) is 0.310. The lowest BCUT2D eigenvalue weighted by Gasteiger charge is -2.23. The van der Waals surface area contributed by atoms with Crippen LogP contribution in [0, 0.1) is 0 Å². The smallest absolute Gasteiger partial charge is 0.203 e. The predicted octanol–water partition coefficient (Wildman–Crippen LogP) is 3.69. The third-order valence-electron chi connectivity index (χ3n) is 6.76. The Balaban J connectivity index is 2.13. The van der Waals surface area contributed by atoms with E-state index in [9.17, 15) is 9.90 Å². The minimum absolute atomic E-state index is 0.127. The summed E-state index contributed by atoms with van der Waals surface area (Å²) in [5, 5.41) is 14.1. The number of hydrogen-bond donors (Lipinski definition) is 1. The van der Waals surface area contributed by atoms with E-state index in [2.05, 4.69) is 49.3 Å². The van der Waals surface area contributed by atoms with Gasteiger partial charge >= 0.3 is 0 Å². The zero-order valence-corrected chi connectivity index (χ0v) is 20.9. The van der Waals surface area contributed by atoms with E-state index in [1.807, 2.05) is 36.4 Å². The molecule has 6 nitrogen and oxygen atoms in total. The second-order valence-electron chi connectivity index (χ2n) is 8.55. The van der Waals surface area contributed by atoms with Crippen molar-refractivity contribution in [2.75, 3.05) is 31.1 Å². The standard InChI is InChI=1S/C29H33N3O3/c1-5-31(6-2)20-10-13-23-26(16-20)35-27-17-21(32(7-3)8-4)11-14-24(27)28(23)22-12-9-19(18-30)15-25(22)29(33)34/h9-17H,5-8,18,30H2,1-4H3. The lowest BCUT2D eigenvalue weighted by molar-refractivity contribution is -0.254. The molecule has 2 N–H and O–H groups in total. The number of nitrogens with two attached hydrogens (primary N) is 1. The topological polar surface area (TPSA) is 85.5 Å². The van der Waals surface area contributed by atoms with Gasteiger partial charge in [-0.1, -0.05) is 12.1 Å². The Morgan fingerprint density at radius 2 is 1.66 bits per heavy atom. The highest BCUT2D eigenvalue weighted by molar-refractivity contribution is 6.07. The molecule has 0 aromatic heterocycles. The number of carbonyl (C=O) groups is 1. The molecule has 0 fully saturated rings. The molecule has 0 saturated heterocycles. The van der Waals surface area contributed by atoms with Crippen LogP contribution >= 0.6 is 0 Å². The highest BCUT2D eigenvalue weighted by atomic mass is 16.4. The molecule has 4 rings (SSSR count). The van der Waals surface area contributed by atoms with Crippen LogP contribution in [0.25, 0.3) is 33.4 Å². The van der Waals surface area contributed by atoms with E-state index in [4.69, 9.17) is 10.2 Å². The molecule has 182 valence electrons. The van der Waals surface area contributed by atoms with Crippen molar-refractivity contribution in [2.24, 2.45) is 5.73 Å². The summed E-state index contributed by atoms with van der Waals surface area (Å²) in [4.78, 5) is 14.4. The van der Waals surface area contributed by atoms with E-state index in [1.54, 1.807) is 6.07 Å². The Kier molecular flexibility index (Phi) is 7.22. The molecular weight excluding hydrogens is 438 g/mol. The average Bonchev–Trinajstić information content (AvgIpc) is 2.88. The number of carbonyl (C=O) groups excluding carboxylic acids is 1. The van der Waals surface area contributed by atoms with Crippen molar-refractivity contribution in [1.82, 2.24) is 4.58 Å². The van der Waals surface area contributed by atoms with Gasteiger partial charge in [-0.25, -0.2) is 4.58 Å². The zero-order chi connectivity index (χ0) is 25.1. The molecule has 0 bridgehead atoms. The number of anilines is 1. The predicted molar refractivity (Wildman–Crippen MR) is 140 cm³/mol. The maximum Gasteiger partial charge on any atom is 0.203 e. The van der Waals surface area contributed by atoms with Crippen molar-refractivity contribution in [3.63, 3.8) is 0 Å². The first-order chi connectivity index (χ1) is 16.9. The van der Waals surface area contributed by atoms with Gasteiger partial charge in [-0.15, -0.1) is 0 Å². The summed E-state index contributed by atoms with van der Waals surface area (Å²) in [7, 11) is 0. The van der Waals surface area contributed by atoms with Crippen LogP contribution < -0.4 is 25.7 Å². The molecule has 35 heavy (non-hydrogen) atoms. The van der Waals surface area contributed by atoms with Gasteiger partial charge < -0.3 is 25.0 Å². The van der Waals surface area contributed by atoms with Crippen molar-refractivity contribution < 1.29 is 14.3 Å². The lowest BCUT2D eigenvalue weighted by atomic mass is 9.89. The van der Waals surface area contributed by atoms with Gasteiger partial charge in [0.2, 0.25) is 5.36 Å². The molecule has 2 aromatic rings. The van der Waals surface area contributed by atoms with E-state index in [0.717, 1.165) is 59.3 Å². The van der Waals surface area contributed by atoms with Crippen LogP contribution in [0.15, 0.2) is 59.0 Å². The van der Waals surface area contributed by atoms with Crippen LogP contribution in [-0.4, -0.2) is 32.1 Å². The fourth-order valence-electron chi connectivity index (χ4n) is 4.83. The van der Waals surface area contributed by atoms with E-state index < -0.39 is 5.97 Å². The Morgan fingerprint density at radius 1 is 0.943 bits per heavy atom. The van der Waals surface area contributed by atoms with Crippen molar-refractivity contribution >= 4 is 22.6 Å². The SMILES string of the molecule is CCN(CC)c1ccc2c(-c3ccc(CN)cc3C(=O)[O-])c3ccc(=[N+](CC)CC)cc-3oc2c1. The molecule has 0 radical (unpaired) electrons. The number of benzene rings is 3. The summed E-state index contributed by atoms with van der Waals surface area (Å²) in [5.74, 6) is -0.516. The number of hydrogen-bond acceptors (Lipinski definition) is 5. The number of aromatic carboxylic acids is 1. The zero-order valence-electron chi connectivity index (χ0n) is 20.9. The molecule has 1 aliphatic heterocycles. The fourth-order valence-corrected chi connectivity index (χ4v) is 4.83. The monoisotopic (exact) mass is 471 g/mol. The maximum absolute atomic E-state index is 12.2. The number of fused-ring (bicyclic) bond motifs is 2. The van der Waals surface area contributed by atoms with Crippen molar-refractivity contribution in [1.29, 1.82) is 0 Å². The quantitative estimate of drug-likeness (QED) is 0.313. The van der Waals surface area contributed by atoms with E-state index in [1.165, 1.54) is 0 Å². The highest BCUT2D eigenvalue weighted by Crippen LogP contribution is 2.42. The molecule has 1 heterocycles. The molecular formula is C29H33N3O3. The minimum Gasteiger partial charge on any atom is -0.545 e. The van der Waals surface area contributed by atoms with E-state index in [0.29, 0.717) is 16.9 Å². The molecule has 2 aliphatic rings. The van der Waals surface area contributed by atoms with Gasteiger partial charge in [0, 0.05) is 59.5 Å². The third-order valence-corrected chi connectivity index (χ3v) is 6.76. The van der Waals surface area contributed by atoms with Crippen LogP contribution in [0.4, 0.5) is 5.69 Å². The molecule has 0 spiro atoms. The minimum atomic E-state index is -1.23. The summed E-state index contributed by atoms with van der Waals surface area (Å²) in [6.45, 7) is 12.3. The molecule has 2 aromatic carbocycles. The van der Waals surface area contributed by atoms with Gasteiger partial charge in [-0.3, -0.25) is 0 Å². The Labute approximate surface area is 206 Å². The van der Waals surface area contributed by atoms with Crippen LogP contribution in [-0.2, 0) is 6.54 Å². The van der Waals surface area contributed by atoms with Crippen LogP contribution in [0.3, 0.4) is 0 Å². The van der Waals surface area contributed by atoms with Crippen molar-refractivity contribution in [3.05, 3.63) is 71.1 Å². The van der Waals surface area contributed by atoms with Crippen molar-refractivity contribution in [3.8, 4) is 22.5 Å². The molecule has 1 aliphatic carbocycles. The Hall–Kier alpha value is -3.64. The number of nitrogens with zero attached hydrogens (tertiary/aromatic N) is 2. The first-order valence-corrected chi connectivity index (χ1v) is 12.3. The summed E-state index contributed by atoms with van der Waals surface area (Å²) < 4.78 is 8.73.